The van der Waals surface area contributed by atoms with E-state index in [9.17, 15) is 14.4 Å². The highest BCUT2D eigenvalue weighted by atomic mass is 32.1. The van der Waals surface area contributed by atoms with E-state index in [0.717, 1.165) is 16.9 Å². The minimum absolute atomic E-state index is 0.0743. The van der Waals surface area contributed by atoms with Crippen molar-refractivity contribution in [1.29, 1.82) is 0 Å². The minimum atomic E-state index is -0.571. The van der Waals surface area contributed by atoms with E-state index in [-0.39, 0.29) is 40.9 Å². The molecule has 0 aliphatic carbocycles. The number of carbonyl (C=O) groups excluding carboxylic acids is 3. The van der Waals surface area contributed by atoms with E-state index in [0.29, 0.717) is 17.0 Å². The zero-order valence-corrected chi connectivity index (χ0v) is 20.8. The van der Waals surface area contributed by atoms with Crippen molar-refractivity contribution in [3.8, 4) is 0 Å². The van der Waals surface area contributed by atoms with Crippen molar-refractivity contribution >= 4 is 34.2 Å². The third kappa shape index (κ3) is 6.66. The summed E-state index contributed by atoms with van der Waals surface area (Å²) in [6, 6.07) is 8.24. The Kier molecular flexibility index (Phi) is 8.61. The molecule has 174 valence electrons. The molecule has 1 N–H and O–H groups in total. The molecule has 0 bridgehead atoms. The van der Waals surface area contributed by atoms with Crippen LogP contribution >= 0.6 is 11.3 Å². The molecule has 1 heterocycles. The Morgan fingerprint density at radius 1 is 1.06 bits per heavy atom. The van der Waals surface area contributed by atoms with E-state index in [1.54, 1.807) is 27.7 Å². The summed E-state index contributed by atoms with van der Waals surface area (Å²) in [5, 5.41) is 3.11. The van der Waals surface area contributed by atoms with Gasteiger partial charge in [0.2, 0.25) is 5.91 Å². The summed E-state index contributed by atoms with van der Waals surface area (Å²) < 4.78 is 10.4. The second-order valence-corrected chi connectivity index (χ2v) is 9.95. The van der Waals surface area contributed by atoms with Crippen LogP contribution in [0.15, 0.2) is 24.3 Å². The second-order valence-electron chi connectivity index (χ2n) is 8.93. The predicted molar refractivity (Wildman–Crippen MR) is 128 cm³/mol. The standard InChI is InChI=1S/C25H33NO5S/c1-8-30-23(28)20-16(4)21(24(29)31-15(2)3)32-22(20)26-19(27)14-11-17-9-12-18(13-10-17)25(5,6)7/h9-10,12-13,15H,8,11,14H2,1-7H3,(H,26,27). The quantitative estimate of drug-likeness (QED) is 0.515. The smallest absolute Gasteiger partial charge is 0.348 e. The van der Waals surface area contributed by atoms with E-state index >= 15 is 0 Å². The number of aryl methyl sites for hydroxylation is 1. The monoisotopic (exact) mass is 459 g/mol. The lowest BCUT2D eigenvalue weighted by Crippen LogP contribution is -2.15. The molecule has 1 aromatic heterocycles. The normalized spacial score (nSPS) is 11.4. The fraction of sp³-hybridized carbons (Fsp3) is 0.480. The first kappa shape index (κ1) is 25.6. The number of hydrogen-bond acceptors (Lipinski definition) is 6. The molecule has 1 aromatic carbocycles. The number of esters is 2. The number of nitrogens with one attached hydrogen (secondary N) is 1. The van der Waals surface area contributed by atoms with E-state index in [1.165, 1.54) is 5.56 Å². The number of hydrogen-bond donors (Lipinski definition) is 1. The summed E-state index contributed by atoms with van der Waals surface area (Å²) in [4.78, 5) is 37.9. The van der Waals surface area contributed by atoms with Crippen molar-refractivity contribution in [2.75, 3.05) is 11.9 Å². The topological polar surface area (TPSA) is 81.7 Å². The zero-order chi connectivity index (χ0) is 24.1. The van der Waals surface area contributed by atoms with Crippen molar-refractivity contribution in [3.63, 3.8) is 0 Å². The van der Waals surface area contributed by atoms with Crippen LogP contribution in [0.25, 0.3) is 0 Å². The Morgan fingerprint density at radius 2 is 1.69 bits per heavy atom. The van der Waals surface area contributed by atoms with Crippen LogP contribution in [0.3, 0.4) is 0 Å². The number of thiophene rings is 1. The van der Waals surface area contributed by atoms with Crippen LogP contribution in [0.2, 0.25) is 0 Å². The highest BCUT2D eigenvalue weighted by molar-refractivity contribution is 7.18. The highest BCUT2D eigenvalue weighted by Crippen LogP contribution is 2.34. The molecule has 0 atom stereocenters. The first-order valence-electron chi connectivity index (χ1n) is 10.8. The average Bonchev–Trinajstić information content (AvgIpc) is 3.01. The van der Waals surface area contributed by atoms with Crippen LogP contribution in [-0.4, -0.2) is 30.6 Å². The Labute approximate surface area is 194 Å². The number of anilines is 1. The fourth-order valence-corrected chi connectivity index (χ4v) is 4.23. The van der Waals surface area contributed by atoms with Crippen molar-refractivity contribution in [2.45, 2.75) is 72.8 Å². The Bertz CT molecular complexity index is 967. The lowest BCUT2D eigenvalue weighted by atomic mass is 9.86. The molecule has 0 aliphatic heterocycles. The predicted octanol–water partition coefficient (Wildman–Crippen LogP) is 5.67. The van der Waals surface area contributed by atoms with Crippen molar-refractivity contribution in [3.05, 3.63) is 51.4 Å². The average molecular weight is 460 g/mol. The van der Waals surface area contributed by atoms with Crippen LogP contribution < -0.4 is 5.32 Å². The highest BCUT2D eigenvalue weighted by Gasteiger charge is 2.27. The van der Waals surface area contributed by atoms with Gasteiger partial charge < -0.3 is 14.8 Å². The van der Waals surface area contributed by atoms with Gasteiger partial charge in [-0.2, -0.15) is 0 Å². The van der Waals surface area contributed by atoms with Gasteiger partial charge in [-0.25, -0.2) is 9.59 Å². The zero-order valence-electron chi connectivity index (χ0n) is 20.0. The lowest BCUT2D eigenvalue weighted by molar-refractivity contribution is -0.116. The molecule has 0 fully saturated rings. The maximum Gasteiger partial charge on any atom is 0.348 e. The van der Waals surface area contributed by atoms with Crippen molar-refractivity contribution < 1.29 is 23.9 Å². The van der Waals surface area contributed by atoms with Gasteiger partial charge in [-0.15, -0.1) is 11.3 Å². The van der Waals surface area contributed by atoms with Crippen LogP contribution in [0, 0.1) is 6.92 Å². The number of rotatable bonds is 8. The maximum atomic E-state index is 12.6. The van der Waals surface area contributed by atoms with Crippen LogP contribution in [0.4, 0.5) is 5.00 Å². The molecule has 0 spiro atoms. The van der Waals surface area contributed by atoms with Gasteiger partial charge in [0, 0.05) is 6.42 Å². The van der Waals surface area contributed by atoms with Gasteiger partial charge in [-0.1, -0.05) is 45.0 Å². The number of ether oxygens (including phenoxy) is 2. The summed E-state index contributed by atoms with van der Waals surface area (Å²) in [5.41, 5.74) is 3.02. The molecule has 1 amide bonds. The molecule has 0 radical (unpaired) electrons. The van der Waals surface area contributed by atoms with Crippen LogP contribution in [0.1, 0.15) is 84.7 Å². The molecule has 2 rings (SSSR count). The molecule has 0 saturated carbocycles. The number of amides is 1. The maximum absolute atomic E-state index is 12.6. The molecular formula is C25H33NO5S. The summed E-state index contributed by atoms with van der Waals surface area (Å²) in [6.07, 6.45) is 0.523. The van der Waals surface area contributed by atoms with E-state index in [1.807, 2.05) is 12.1 Å². The molecule has 0 unspecified atom stereocenters. The van der Waals surface area contributed by atoms with Gasteiger partial charge >= 0.3 is 11.9 Å². The molecule has 6 nitrogen and oxygen atoms in total. The summed E-state index contributed by atoms with van der Waals surface area (Å²) in [6.45, 7) is 13.5. The van der Waals surface area contributed by atoms with Gasteiger partial charge in [0.15, 0.2) is 0 Å². The Balaban J connectivity index is 2.16. The van der Waals surface area contributed by atoms with Gasteiger partial charge in [0.05, 0.1) is 18.3 Å². The summed E-state index contributed by atoms with van der Waals surface area (Å²) in [5.74, 6) is -1.33. The number of benzene rings is 1. The van der Waals surface area contributed by atoms with E-state index in [4.69, 9.17) is 9.47 Å². The van der Waals surface area contributed by atoms with Crippen molar-refractivity contribution in [1.82, 2.24) is 0 Å². The molecule has 0 aliphatic rings. The molecular weight excluding hydrogens is 426 g/mol. The SMILES string of the molecule is CCOC(=O)c1c(NC(=O)CCc2ccc(C(C)(C)C)cc2)sc(C(=O)OC(C)C)c1C. The van der Waals surface area contributed by atoms with Gasteiger partial charge in [-0.3, -0.25) is 4.79 Å². The lowest BCUT2D eigenvalue weighted by Gasteiger charge is -2.19. The largest absolute Gasteiger partial charge is 0.462 e. The van der Waals surface area contributed by atoms with Crippen LogP contribution in [0.5, 0.6) is 0 Å². The van der Waals surface area contributed by atoms with E-state index in [2.05, 4.69) is 38.2 Å². The molecule has 0 saturated heterocycles. The Morgan fingerprint density at radius 3 is 2.22 bits per heavy atom. The first-order valence-corrected chi connectivity index (χ1v) is 11.7. The molecule has 32 heavy (non-hydrogen) atoms. The molecule has 2 aromatic rings. The third-order valence-corrected chi connectivity index (χ3v) is 6.06. The molecule has 7 heteroatoms. The van der Waals surface area contributed by atoms with E-state index < -0.39 is 11.9 Å². The van der Waals surface area contributed by atoms with Crippen LogP contribution in [-0.2, 0) is 26.1 Å². The summed E-state index contributed by atoms with van der Waals surface area (Å²) >= 11 is 1.04. The fourth-order valence-electron chi connectivity index (χ4n) is 3.13. The van der Waals surface area contributed by atoms with Crippen molar-refractivity contribution in [2.24, 2.45) is 0 Å². The minimum Gasteiger partial charge on any atom is -0.462 e. The second kappa shape index (κ2) is 10.8. The van der Waals surface area contributed by atoms with Gasteiger partial charge in [0.25, 0.3) is 0 Å². The Hall–Kier alpha value is -2.67. The number of carbonyl (C=O) groups is 3. The first-order chi connectivity index (χ1) is 14.9. The summed E-state index contributed by atoms with van der Waals surface area (Å²) in [7, 11) is 0. The van der Waals surface area contributed by atoms with Gasteiger partial charge in [-0.05, 0) is 56.2 Å². The van der Waals surface area contributed by atoms with Gasteiger partial charge in [0.1, 0.15) is 9.88 Å². The third-order valence-electron chi connectivity index (χ3n) is 4.87.